The van der Waals surface area contributed by atoms with E-state index in [-0.39, 0.29) is 18.5 Å². The van der Waals surface area contributed by atoms with Gasteiger partial charge in [0.1, 0.15) is 11.6 Å². The second-order valence-corrected chi connectivity index (χ2v) is 8.96. The van der Waals surface area contributed by atoms with Crippen molar-refractivity contribution in [2.24, 2.45) is 4.99 Å². The van der Waals surface area contributed by atoms with Gasteiger partial charge >= 0.3 is 12.0 Å². The van der Waals surface area contributed by atoms with E-state index in [4.69, 9.17) is 25.7 Å². The van der Waals surface area contributed by atoms with Gasteiger partial charge in [-0.3, -0.25) is 10.1 Å². The Labute approximate surface area is 223 Å². The highest BCUT2D eigenvalue weighted by Gasteiger charge is 2.31. The number of ether oxygens (including phenoxy) is 1. The van der Waals surface area contributed by atoms with Crippen LogP contribution in [0, 0.1) is 0 Å². The minimum Gasteiger partial charge on any atom is -0.465 e. The predicted octanol–water partition coefficient (Wildman–Crippen LogP) is 4.97. The van der Waals surface area contributed by atoms with Gasteiger partial charge in [0.2, 0.25) is 5.96 Å². The number of halogens is 1. The number of amides is 1. The van der Waals surface area contributed by atoms with Crippen LogP contribution in [0.4, 0.5) is 6.01 Å². The van der Waals surface area contributed by atoms with Crippen LogP contribution < -0.4 is 16.0 Å². The highest BCUT2D eigenvalue weighted by molar-refractivity contribution is 6.31. The molecule has 3 N–H and O–H groups in total. The highest BCUT2D eigenvalue weighted by atomic mass is 35.5. The zero-order chi connectivity index (χ0) is 26.6. The fourth-order valence-corrected chi connectivity index (χ4v) is 4.38. The van der Waals surface area contributed by atoms with Crippen molar-refractivity contribution in [2.75, 3.05) is 12.4 Å². The average Bonchev–Trinajstić information content (AvgIpc) is 3.34. The molecule has 4 aromatic rings. The molecule has 9 nitrogen and oxygen atoms in total. The number of methoxy groups -OCH3 is 1. The number of anilines is 1. The van der Waals surface area contributed by atoms with Crippen LogP contribution in [-0.4, -0.2) is 29.9 Å². The van der Waals surface area contributed by atoms with E-state index in [9.17, 15) is 9.59 Å². The van der Waals surface area contributed by atoms with Crippen LogP contribution in [0.3, 0.4) is 0 Å². The third-order valence-electron chi connectivity index (χ3n) is 6.03. The summed E-state index contributed by atoms with van der Waals surface area (Å²) in [5.41, 5.74) is 4.31. The molecule has 3 aromatic carbocycles. The van der Waals surface area contributed by atoms with Gasteiger partial charge in [-0.25, -0.2) is 9.79 Å². The quantitative estimate of drug-likeness (QED) is 0.302. The highest BCUT2D eigenvalue weighted by Crippen LogP contribution is 2.35. The van der Waals surface area contributed by atoms with Gasteiger partial charge in [-0.15, -0.1) is 0 Å². The Balaban J connectivity index is 1.39. The van der Waals surface area contributed by atoms with E-state index in [1.165, 1.54) is 7.11 Å². The van der Waals surface area contributed by atoms with Gasteiger partial charge in [0, 0.05) is 22.8 Å². The lowest BCUT2D eigenvalue weighted by molar-refractivity contribution is -0.118. The Morgan fingerprint density at radius 3 is 2.53 bits per heavy atom. The molecule has 192 valence electrons. The van der Waals surface area contributed by atoms with Gasteiger partial charge in [-0.2, -0.15) is 4.98 Å². The number of oxazole rings is 1. The number of guanidine groups is 1. The van der Waals surface area contributed by atoms with Crippen molar-refractivity contribution >= 4 is 46.6 Å². The summed E-state index contributed by atoms with van der Waals surface area (Å²) in [5.74, 6) is -0.354. The number of carbonyl (C=O) groups excluding carboxylic acids is 2. The average molecular weight is 530 g/mol. The van der Waals surface area contributed by atoms with Crippen molar-refractivity contribution in [3.05, 3.63) is 106 Å². The molecule has 1 unspecified atom stereocenters. The van der Waals surface area contributed by atoms with Crippen LogP contribution in [0.1, 0.15) is 34.5 Å². The minimum absolute atomic E-state index is 0.254. The number of benzene rings is 3. The van der Waals surface area contributed by atoms with Crippen molar-refractivity contribution in [3.8, 4) is 0 Å². The molecule has 0 radical (unpaired) electrons. The van der Waals surface area contributed by atoms with Gasteiger partial charge < -0.3 is 19.8 Å². The Bertz CT molecular complexity index is 1540. The van der Waals surface area contributed by atoms with Crippen LogP contribution in [0.5, 0.6) is 0 Å². The van der Waals surface area contributed by atoms with Gasteiger partial charge in [-0.05, 0) is 42.8 Å². The molecule has 0 bridgehead atoms. The number of allylic oxidation sites excluding steroid dienone is 1. The van der Waals surface area contributed by atoms with Crippen LogP contribution in [0.2, 0.25) is 5.02 Å². The summed E-state index contributed by atoms with van der Waals surface area (Å²) >= 11 is 6.53. The fraction of sp³-hybridized carbons (Fsp3) is 0.143. The molecule has 0 aliphatic carbocycles. The van der Waals surface area contributed by atoms with E-state index >= 15 is 0 Å². The van der Waals surface area contributed by atoms with Crippen molar-refractivity contribution in [3.63, 3.8) is 0 Å². The molecular formula is C28H24ClN5O4. The number of nitrogens with one attached hydrogen (secondary N) is 3. The van der Waals surface area contributed by atoms with Gasteiger partial charge in [-0.1, -0.05) is 54.1 Å². The fourth-order valence-electron chi connectivity index (χ4n) is 4.14. The van der Waals surface area contributed by atoms with Crippen molar-refractivity contribution in [1.29, 1.82) is 0 Å². The molecule has 2 heterocycles. The number of para-hydroxylation sites is 2. The third kappa shape index (κ3) is 5.23. The molecule has 1 aliphatic rings. The number of rotatable bonds is 6. The SMILES string of the molecule is COC(=O)c1ccc(CNC(=O)C2=C(C)NC(Nc3nc4ccccc4o3)=NC2c2ccccc2Cl)cc1. The zero-order valence-corrected chi connectivity index (χ0v) is 21.4. The maximum atomic E-state index is 13.4. The third-order valence-corrected chi connectivity index (χ3v) is 6.38. The maximum absolute atomic E-state index is 13.4. The zero-order valence-electron chi connectivity index (χ0n) is 20.6. The second-order valence-electron chi connectivity index (χ2n) is 8.55. The van der Waals surface area contributed by atoms with Crippen LogP contribution in [0.25, 0.3) is 11.1 Å². The lowest BCUT2D eigenvalue weighted by atomic mass is 9.95. The first kappa shape index (κ1) is 25.0. The van der Waals surface area contributed by atoms with Gasteiger partial charge in [0.05, 0.1) is 18.2 Å². The molecule has 10 heteroatoms. The van der Waals surface area contributed by atoms with Gasteiger partial charge in [0.15, 0.2) is 5.58 Å². The standard InChI is InChI=1S/C28H24ClN5O4/c1-16-23(25(35)30-15-17-11-13-18(14-12-17)26(36)37-2)24(19-7-3-4-8-20(19)29)33-27(31-16)34-28-32-21-9-5-6-10-22(21)38-28/h3-14,24H,15H2,1-2H3,(H,30,35)(H2,31,32,33,34). The number of aromatic nitrogens is 1. The number of esters is 1. The first-order chi connectivity index (χ1) is 18.4. The summed E-state index contributed by atoms with van der Waals surface area (Å²) in [6.45, 7) is 2.05. The first-order valence-corrected chi connectivity index (χ1v) is 12.2. The number of nitrogens with zero attached hydrogens (tertiary/aromatic N) is 2. The maximum Gasteiger partial charge on any atom is 0.337 e. The molecule has 1 aromatic heterocycles. The molecular weight excluding hydrogens is 506 g/mol. The molecule has 1 aliphatic heterocycles. The number of fused-ring (bicyclic) bond motifs is 1. The molecule has 0 fully saturated rings. The minimum atomic E-state index is -0.682. The van der Waals surface area contributed by atoms with E-state index in [0.29, 0.717) is 44.5 Å². The van der Waals surface area contributed by atoms with E-state index < -0.39 is 12.0 Å². The molecule has 1 amide bonds. The van der Waals surface area contributed by atoms with E-state index in [0.717, 1.165) is 5.56 Å². The molecule has 0 spiro atoms. The second kappa shape index (κ2) is 10.8. The smallest absolute Gasteiger partial charge is 0.337 e. The monoisotopic (exact) mass is 529 g/mol. The number of carbonyl (C=O) groups is 2. The Kier molecular flexibility index (Phi) is 7.10. The van der Waals surface area contributed by atoms with Crippen molar-refractivity contribution in [1.82, 2.24) is 15.6 Å². The van der Waals surface area contributed by atoms with Crippen LogP contribution in [0.15, 0.2) is 93.5 Å². The number of hydrogen-bond donors (Lipinski definition) is 3. The summed E-state index contributed by atoms with van der Waals surface area (Å²) in [5, 5.41) is 9.65. The molecule has 1 atom stereocenters. The molecule has 38 heavy (non-hydrogen) atoms. The van der Waals surface area contributed by atoms with Crippen molar-refractivity contribution in [2.45, 2.75) is 19.5 Å². The Morgan fingerprint density at radius 1 is 1.05 bits per heavy atom. The predicted molar refractivity (Wildman–Crippen MR) is 145 cm³/mol. The van der Waals surface area contributed by atoms with E-state index in [2.05, 4.69) is 20.9 Å². The molecule has 0 saturated carbocycles. The lowest BCUT2D eigenvalue weighted by Gasteiger charge is -2.27. The molecule has 5 rings (SSSR count). The Hall–Kier alpha value is -4.63. The summed E-state index contributed by atoms with van der Waals surface area (Å²) in [6, 6.07) is 21.1. The normalized spacial score (nSPS) is 15.0. The molecule has 0 saturated heterocycles. The Morgan fingerprint density at radius 2 is 1.79 bits per heavy atom. The summed E-state index contributed by atoms with van der Waals surface area (Å²) in [6.07, 6.45) is 0. The van der Waals surface area contributed by atoms with Crippen LogP contribution in [-0.2, 0) is 16.1 Å². The summed E-state index contributed by atoms with van der Waals surface area (Å²) in [7, 11) is 1.33. The topological polar surface area (TPSA) is 118 Å². The largest absolute Gasteiger partial charge is 0.465 e. The van der Waals surface area contributed by atoms with E-state index in [1.807, 2.05) is 42.5 Å². The van der Waals surface area contributed by atoms with Crippen molar-refractivity contribution < 1.29 is 18.7 Å². The van der Waals surface area contributed by atoms with Crippen LogP contribution >= 0.6 is 11.6 Å². The number of hydrogen-bond acceptors (Lipinski definition) is 8. The number of aliphatic imine (C=N–C) groups is 1. The van der Waals surface area contributed by atoms with Gasteiger partial charge in [0.25, 0.3) is 5.91 Å². The van der Waals surface area contributed by atoms with E-state index in [1.54, 1.807) is 37.3 Å². The first-order valence-electron chi connectivity index (χ1n) is 11.8. The lowest BCUT2D eigenvalue weighted by Crippen LogP contribution is -2.39. The summed E-state index contributed by atoms with van der Waals surface area (Å²) < 4.78 is 10.5. The summed E-state index contributed by atoms with van der Waals surface area (Å²) in [4.78, 5) is 34.3.